The molecule has 0 N–H and O–H groups in total. The molecular weight excluding hydrogens is 306 g/mol. The van der Waals surface area contributed by atoms with Crippen LogP contribution in [-0.4, -0.2) is 14.5 Å². The van der Waals surface area contributed by atoms with Gasteiger partial charge in [-0.2, -0.15) is 0 Å². The number of hydrogen-bond donors (Lipinski definition) is 0. The van der Waals surface area contributed by atoms with Crippen LogP contribution < -0.4 is 0 Å². The van der Waals surface area contributed by atoms with Gasteiger partial charge in [0.25, 0.3) is 0 Å². The Bertz CT molecular complexity index is 1010. The lowest BCUT2D eigenvalue weighted by molar-refractivity contribution is 0.700. The van der Waals surface area contributed by atoms with E-state index in [1.807, 2.05) is 24.3 Å². The van der Waals surface area contributed by atoms with Crippen LogP contribution in [0.25, 0.3) is 27.9 Å². The topological polar surface area (TPSA) is 30.7 Å². The molecule has 0 radical (unpaired) electrons. The van der Waals surface area contributed by atoms with E-state index in [4.69, 9.17) is 9.97 Å². The first-order valence-electron chi connectivity index (χ1n) is 9.10. The van der Waals surface area contributed by atoms with Gasteiger partial charge in [-0.15, -0.1) is 0 Å². The average molecular weight is 329 g/mol. The van der Waals surface area contributed by atoms with Crippen LogP contribution in [0, 0.1) is 6.92 Å². The summed E-state index contributed by atoms with van der Waals surface area (Å²) in [4.78, 5) is 9.77. The van der Waals surface area contributed by atoms with Crippen molar-refractivity contribution in [3.05, 3.63) is 65.9 Å². The van der Waals surface area contributed by atoms with Crippen molar-refractivity contribution in [3.8, 4) is 5.69 Å². The third-order valence-corrected chi connectivity index (χ3v) is 4.71. The van der Waals surface area contributed by atoms with Crippen LogP contribution in [0.3, 0.4) is 0 Å². The molecule has 2 aromatic heterocycles. The van der Waals surface area contributed by atoms with Crippen molar-refractivity contribution in [1.29, 1.82) is 0 Å². The van der Waals surface area contributed by atoms with Crippen LogP contribution in [-0.2, 0) is 6.42 Å². The zero-order valence-corrected chi connectivity index (χ0v) is 14.9. The molecule has 0 bridgehead atoms. The van der Waals surface area contributed by atoms with Gasteiger partial charge in [0.2, 0.25) is 0 Å². The Morgan fingerprint density at radius 3 is 2.28 bits per heavy atom. The average Bonchev–Trinajstić information content (AvgIpc) is 2.98. The highest BCUT2D eigenvalue weighted by Crippen LogP contribution is 2.25. The van der Waals surface area contributed by atoms with Gasteiger partial charge in [-0.05, 0) is 50.1 Å². The van der Waals surface area contributed by atoms with E-state index in [-0.39, 0.29) is 0 Å². The largest absolute Gasteiger partial charge is 0.297 e. The summed E-state index contributed by atoms with van der Waals surface area (Å²) >= 11 is 0. The maximum atomic E-state index is 4.93. The zero-order chi connectivity index (χ0) is 17.2. The molecule has 0 saturated heterocycles. The summed E-state index contributed by atoms with van der Waals surface area (Å²) in [7, 11) is 0. The lowest BCUT2D eigenvalue weighted by atomic mass is 10.1. The Kier molecular flexibility index (Phi) is 4.22. The molecule has 0 aliphatic heterocycles. The highest BCUT2D eigenvalue weighted by Gasteiger charge is 2.14. The van der Waals surface area contributed by atoms with Crippen LogP contribution in [0.15, 0.2) is 54.6 Å². The lowest BCUT2D eigenvalue weighted by Crippen LogP contribution is -2.02. The molecule has 0 spiro atoms. The molecule has 4 aromatic rings. The maximum absolute atomic E-state index is 4.93. The summed E-state index contributed by atoms with van der Waals surface area (Å²) < 4.78 is 2.28. The normalized spacial score (nSPS) is 11.4. The fourth-order valence-corrected chi connectivity index (χ4v) is 3.35. The molecule has 0 saturated carbocycles. The number of nitrogens with zero attached hydrogens (tertiary/aromatic N) is 3. The molecule has 0 aliphatic carbocycles. The predicted octanol–water partition coefficient (Wildman–Crippen LogP) is 5.61. The van der Waals surface area contributed by atoms with E-state index in [9.17, 15) is 0 Å². The molecule has 0 unspecified atom stereocenters. The van der Waals surface area contributed by atoms with Crippen LogP contribution in [0.4, 0.5) is 0 Å². The number of aryl methyl sites for hydroxylation is 2. The molecule has 2 heterocycles. The summed E-state index contributed by atoms with van der Waals surface area (Å²) in [6.07, 6.45) is 4.72. The van der Waals surface area contributed by atoms with Gasteiger partial charge < -0.3 is 0 Å². The van der Waals surface area contributed by atoms with Crippen molar-refractivity contribution in [1.82, 2.24) is 14.5 Å². The predicted molar refractivity (Wildman–Crippen MR) is 104 cm³/mol. The number of unbranched alkanes of at least 4 members (excludes halogenated alkanes) is 2. The summed E-state index contributed by atoms with van der Waals surface area (Å²) in [5.41, 5.74) is 7.56. The van der Waals surface area contributed by atoms with Crippen molar-refractivity contribution < 1.29 is 0 Å². The Hall–Kier alpha value is -2.68. The molecule has 0 fully saturated rings. The van der Waals surface area contributed by atoms with E-state index in [1.54, 1.807) is 0 Å². The van der Waals surface area contributed by atoms with Gasteiger partial charge in [-0.3, -0.25) is 4.57 Å². The fraction of sp³-hybridized carbons (Fsp3) is 0.273. The molecule has 3 nitrogen and oxygen atoms in total. The second-order valence-electron chi connectivity index (χ2n) is 6.68. The third-order valence-electron chi connectivity index (χ3n) is 4.71. The minimum absolute atomic E-state index is 0.946. The van der Waals surface area contributed by atoms with Crippen molar-refractivity contribution >= 4 is 22.2 Å². The first-order chi connectivity index (χ1) is 12.3. The number of hydrogen-bond acceptors (Lipinski definition) is 2. The van der Waals surface area contributed by atoms with E-state index in [0.717, 1.165) is 34.3 Å². The second kappa shape index (κ2) is 6.67. The molecule has 0 amide bonds. The van der Waals surface area contributed by atoms with Gasteiger partial charge in [0.15, 0.2) is 5.65 Å². The minimum atomic E-state index is 0.946. The smallest absolute Gasteiger partial charge is 0.164 e. The van der Waals surface area contributed by atoms with Crippen molar-refractivity contribution in [3.63, 3.8) is 0 Å². The van der Waals surface area contributed by atoms with Gasteiger partial charge in [0, 0.05) is 11.4 Å². The summed E-state index contributed by atoms with van der Waals surface area (Å²) in [5.74, 6) is 0. The van der Waals surface area contributed by atoms with Crippen molar-refractivity contribution in [2.24, 2.45) is 0 Å². The monoisotopic (exact) mass is 329 g/mol. The molecule has 2 aromatic carbocycles. The van der Waals surface area contributed by atoms with E-state index in [1.165, 1.54) is 30.5 Å². The van der Waals surface area contributed by atoms with Gasteiger partial charge in [0.05, 0.1) is 11.0 Å². The number of fused-ring (bicyclic) bond motifs is 2. The SMILES string of the molecule is CCCCCc1cc2nc3ccccc3nc2n1-c1ccc(C)cc1. The van der Waals surface area contributed by atoms with Crippen LogP contribution in [0.2, 0.25) is 0 Å². The Labute approximate surface area is 148 Å². The molecule has 4 rings (SSSR count). The Balaban J connectivity index is 1.92. The third kappa shape index (κ3) is 3.02. The summed E-state index contributed by atoms with van der Waals surface area (Å²) in [5, 5.41) is 0. The zero-order valence-electron chi connectivity index (χ0n) is 14.9. The number of rotatable bonds is 5. The summed E-state index contributed by atoms with van der Waals surface area (Å²) in [6.45, 7) is 4.36. The van der Waals surface area contributed by atoms with Gasteiger partial charge >= 0.3 is 0 Å². The molecule has 3 heteroatoms. The quantitative estimate of drug-likeness (QED) is 0.445. The second-order valence-corrected chi connectivity index (χ2v) is 6.68. The van der Waals surface area contributed by atoms with Crippen molar-refractivity contribution in [2.75, 3.05) is 0 Å². The van der Waals surface area contributed by atoms with Gasteiger partial charge in [0.1, 0.15) is 5.52 Å². The minimum Gasteiger partial charge on any atom is -0.297 e. The standard InChI is InChI=1S/C22H23N3/c1-3-4-5-8-18-15-21-22(24-20-10-7-6-9-19(20)23-21)25(18)17-13-11-16(2)12-14-17/h6-7,9-15H,3-5,8H2,1-2H3. The first kappa shape index (κ1) is 15.8. The van der Waals surface area contributed by atoms with Crippen molar-refractivity contribution in [2.45, 2.75) is 39.5 Å². The number of aromatic nitrogens is 3. The van der Waals surface area contributed by atoms with E-state index in [2.05, 4.69) is 48.7 Å². The Morgan fingerprint density at radius 2 is 1.56 bits per heavy atom. The maximum Gasteiger partial charge on any atom is 0.164 e. The Morgan fingerprint density at radius 1 is 0.840 bits per heavy atom. The first-order valence-corrected chi connectivity index (χ1v) is 9.10. The number of para-hydroxylation sites is 2. The van der Waals surface area contributed by atoms with Gasteiger partial charge in [-0.25, -0.2) is 9.97 Å². The van der Waals surface area contributed by atoms with E-state index in [0.29, 0.717) is 0 Å². The molecule has 126 valence electrons. The molecule has 0 atom stereocenters. The van der Waals surface area contributed by atoms with Crippen LogP contribution in [0.5, 0.6) is 0 Å². The highest BCUT2D eigenvalue weighted by molar-refractivity contribution is 5.86. The van der Waals surface area contributed by atoms with Gasteiger partial charge in [-0.1, -0.05) is 49.6 Å². The molecular formula is C22H23N3. The highest BCUT2D eigenvalue weighted by atomic mass is 15.1. The van der Waals surface area contributed by atoms with E-state index >= 15 is 0 Å². The van der Waals surface area contributed by atoms with E-state index < -0.39 is 0 Å². The van der Waals surface area contributed by atoms with Crippen LogP contribution >= 0.6 is 0 Å². The molecule has 25 heavy (non-hydrogen) atoms. The number of benzene rings is 2. The molecule has 0 aliphatic rings. The van der Waals surface area contributed by atoms with Crippen LogP contribution in [0.1, 0.15) is 37.4 Å². The summed E-state index contributed by atoms with van der Waals surface area (Å²) in [6, 6.07) is 19.0. The lowest BCUT2D eigenvalue weighted by Gasteiger charge is -2.11. The fourth-order valence-electron chi connectivity index (χ4n) is 3.35.